The van der Waals surface area contributed by atoms with Gasteiger partial charge in [-0.3, -0.25) is 4.68 Å². The largest absolute Gasteiger partial charge is 0.366 e. The highest BCUT2D eigenvalue weighted by atomic mass is 127. The van der Waals surface area contributed by atoms with Crippen molar-refractivity contribution in [3.8, 4) is 0 Å². The molecular weight excluding hydrogens is 401 g/mol. The van der Waals surface area contributed by atoms with Gasteiger partial charge in [-0.15, -0.1) is 39.7 Å². The zero-order chi connectivity index (χ0) is 14.2. The van der Waals surface area contributed by atoms with E-state index in [2.05, 4.69) is 36.3 Å². The molecule has 0 radical (unpaired) electrons. The van der Waals surface area contributed by atoms with E-state index in [9.17, 15) is 0 Å². The highest BCUT2D eigenvalue weighted by molar-refractivity contribution is 14.0. The second-order valence-electron chi connectivity index (χ2n) is 4.88. The summed E-state index contributed by atoms with van der Waals surface area (Å²) in [6, 6.07) is 0. The predicted octanol–water partition coefficient (Wildman–Crippen LogP) is -0.672. The second-order valence-corrected chi connectivity index (χ2v) is 4.88. The summed E-state index contributed by atoms with van der Waals surface area (Å²) in [5.74, 6) is 2.29. The lowest BCUT2D eigenvalue weighted by atomic mass is 10.2. The molecule has 0 aliphatic carbocycles. The van der Waals surface area contributed by atoms with Crippen molar-refractivity contribution in [2.75, 3.05) is 19.7 Å². The van der Waals surface area contributed by atoms with Gasteiger partial charge in [0.05, 0.1) is 13.2 Å². The number of hydrogen-bond donors (Lipinski definition) is 2. The second kappa shape index (κ2) is 6.18. The van der Waals surface area contributed by atoms with Crippen LogP contribution in [-0.2, 0) is 11.8 Å². The van der Waals surface area contributed by atoms with Gasteiger partial charge < -0.3 is 9.64 Å². The Labute approximate surface area is 143 Å². The van der Waals surface area contributed by atoms with E-state index in [4.69, 9.17) is 4.74 Å². The average molecular weight is 417 g/mol. The summed E-state index contributed by atoms with van der Waals surface area (Å²) in [6.07, 6.45) is 5.38. The van der Waals surface area contributed by atoms with Crippen LogP contribution in [0.25, 0.3) is 0 Å². The first-order valence-electron chi connectivity index (χ1n) is 6.67. The van der Waals surface area contributed by atoms with Gasteiger partial charge >= 0.3 is 0 Å². The number of hydrazine groups is 2. The minimum atomic E-state index is -0.143. The molecule has 0 saturated carbocycles. The maximum atomic E-state index is 5.76. The molecule has 4 heterocycles. The summed E-state index contributed by atoms with van der Waals surface area (Å²) in [6.45, 7) is 2.06. The third-order valence-electron chi connectivity index (χ3n) is 3.42. The summed E-state index contributed by atoms with van der Waals surface area (Å²) in [5.41, 5.74) is 5.49. The molecule has 0 bridgehead atoms. The van der Waals surface area contributed by atoms with Gasteiger partial charge in [0.15, 0.2) is 17.5 Å². The van der Waals surface area contributed by atoms with Gasteiger partial charge in [0.1, 0.15) is 12.4 Å². The van der Waals surface area contributed by atoms with Crippen molar-refractivity contribution in [1.29, 1.82) is 0 Å². The summed E-state index contributed by atoms with van der Waals surface area (Å²) in [7, 11) is 1.85. The van der Waals surface area contributed by atoms with Crippen LogP contribution in [0.5, 0.6) is 0 Å². The molecule has 1 aromatic heterocycles. The van der Waals surface area contributed by atoms with E-state index >= 15 is 0 Å². The number of amidine groups is 2. The lowest BCUT2D eigenvalue weighted by molar-refractivity contribution is -0.0120. The standard InChI is InChI=1S/C11H15N9O.HI/c1-18-7-12-11(15-18)8-6-19(4-5-21-8)10-3-2-9-13-16-17-20(9)14-10;/h2-3,7-8,16-17H,4-6H2,1H3;1H. The number of ether oxygens (including phenoxy) is 1. The number of aryl methyl sites for hydroxylation is 1. The third kappa shape index (κ3) is 2.78. The SMILES string of the molecule is Cn1cnc(C2CN(C3=NN4NNN=C4C=C3)CCO2)n1.I. The van der Waals surface area contributed by atoms with Gasteiger partial charge in [-0.05, 0) is 12.2 Å². The Morgan fingerprint density at radius 3 is 3.00 bits per heavy atom. The van der Waals surface area contributed by atoms with E-state index < -0.39 is 0 Å². The molecule has 118 valence electrons. The van der Waals surface area contributed by atoms with E-state index in [1.807, 2.05) is 19.2 Å². The molecule has 11 heteroatoms. The molecule has 3 aliphatic rings. The first-order chi connectivity index (χ1) is 10.3. The van der Waals surface area contributed by atoms with Crippen LogP contribution in [-0.4, -0.2) is 56.1 Å². The number of nitrogens with one attached hydrogen (secondary N) is 2. The molecule has 1 aromatic rings. The number of morpholine rings is 1. The Morgan fingerprint density at radius 1 is 1.32 bits per heavy atom. The summed E-state index contributed by atoms with van der Waals surface area (Å²) >= 11 is 0. The molecule has 0 amide bonds. The monoisotopic (exact) mass is 417 g/mol. The molecule has 1 saturated heterocycles. The van der Waals surface area contributed by atoms with Crippen molar-refractivity contribution < 1.29 is 4.74 Å². The molecule has 1 fully saturated rings. The highest BCUT2D eigenvalue weighted by Crippen LogP contribution is 2.20. The molecule has 2 N–H and O–H groups in total. The van der Waals surface area contributed by atoms with Crippen molar-refractivity contribution in [2.24, 2.45) is 17.3 Å². The van der Waals surface area contributed by atoms with Gasteiger partial charge in [0.25, 0.3) is 0 Å². The van der Waals surface area contributed by atoms with Crippen molar-refractivity contribution >= 4 is 35.6 Å². The van der Waals surface area contributed by atoms with Crippen molar-refractivity contribution in [3.63, 3.8) is 0 Å². The number of halogens is 1. The van der Waals surface area contributed by atoms with Crippen LogP contribution in [0.15, 0.2) is 28.7 Å². The topological polar surface area (TPSA) is 95.2 Å². The molecule has 0 aromatic carbocycles. The lowest BCUT2D eigenvalue weighted by Gasteiger charge is -2.34. The smallest absolute Gasteiger partial charge is 0.189 e. The molecule has 10 nitrogen and oxygen atoms in total. The van der Waals surface area contributed by atoms with E-state index in [1.54, 1.807) is 16.1 Å². The predicted molar refractivity (Wildman–Crippen MR) is 88.8 cm³/mol. The molecule has 22 heavy (non-hydrogen) atoms. The fourth-order valence-electron chi connectivity index (χ4n) is 2.39. The first kappa shape index (κ1) is 15.2. The maximum absolute atomic E-state index is 5.76. The number of rotatable bonds is 1. The molecular formula is C11H16IN9O. The number of hydrogen-bond acceptors (Lipinski definition) is 9. The van der Waals surface area contributed by atoms with Crippen LogP contribution in [0, 0.1) is 0 Å². The normalized spacial score (nSPS) is 23.4. The zero-order valence-electron chi connectivity index (χ0n) is 11.9. The Balaban J connectivity index is 0.00000144. The maximum Gasteiger partial charge on any atom is 0.189 e. The highest BCUT2D eigenvalue weighted by Gasteiger charge is 2.28. The van der Waals surface area contributed by atoms with E-state index in [0.29, 0.717) is 19.0 Å². The van der Waals surface area contributed by atoms with Crippen LogP contribution < -0.4 is 11.1 Å². The Kier molecular flexibility index (Phi) is 4.26. The Hall–Kier alpha value is -1.73. The van der Waals surface area contributed by atoms with Gasteiger partial charge in [0, 0.05) is 13.6 Å². The van der Waals surface area contributed by atoms with Crippen LogP contribution in [0.3, 0.4) is 0 Å². The quantitative estimate of drug-likeness (QED) is 0.586. The Bertz CT molecular complexity index is 639. The summed E-state index contributed by atoms with van der Waals surface area (Å²) < 4.78 is 7.44. The fourth-order valence-corrected chi connectivity index (χ4v) is 2.39. The van der Waals surface area contributed by atoms with Gasteiger partial charge in [-0.2, -0.15) is 10.2 Å². The third-order valence-corrected chi connectivity index (χ3v) is 3.42. The minimum Gasteiger partial charge on any atom is -0.366 e. The van der Waals surface area contributed by atoms with E-state index in [0.717, 1.165) is 18.2 Å². The van der Waals surface area contributed by atoms with E-state index in [1.165, 1.54) is 0 Å². The fraction of sp³-hybridized carbons (Fsp3) is 0.455. The van der Waals surface area contributed by atoms with Gasteiger partial charge in [-0.1, -0.05) is 0 Å². The lowest BCUT2D eigenvalue weighted by Crippen LogP contribution is -2.46. The molecule has 1 atom stereocenters. The van der Waals surface area contributed by atoms with Gasteiger partial charge in [-0.25, -0.2) is 10.5 Å². The molecule has 4 rings (SSSR count). The molecule has 3 aliphatic heterocycles. The Morgan fingerprint density at radius 2 is 2.18 bits per heavy atom. The van der Waals surface area contributed by atoms with Crippen molar-refractivity contribution in [1.82, 2.24) is 35.9 Å². The van der Waals surface area contributed by atoms with Crippen molar-refractivity contribution in [2.45, 2.75) is 6.10 Å². The minimum absolute atomic E-state index is 0. The van der Waals surface area contributed by atoms with E-state index in [-0.39, 0.29) is 30.1 Å². The summed E-state index contributed by atoms with van der Waals surface area (Å²) in [4.78, 5) is 6.41. The van der Waals surface area contributed by atoms with Crippen LogP contribution in [0.4, 0.5) is 0 Å². The number of fused-ring (bicyclic) bond motifs is 1. The van der Waals surface area contributed by atoms with Gasteiger partial charge in [0.2, 0.25) is 0 Å². The molecule has 1 unspecified atom stereocenters. The van der Waals surface area contributed by atoms with Crippen LogP contribution in [0.1, 0.15) is 11.9 Å². The van der Waals surface area contributed by atoms with Crippen LogP contribution >= 0.6 is 24.0 Å². The zero-order valence-corrected chi connectivity index (χ0v) is 14.2. The average Bonchev–Trinajstić information content (AvgIpc) is 3.15. The van der Waals surface area contributed by atoms with Crippen molar-refractivity contribution in [3.05, 3.63) is 24.3 Å². The summed E-state index contributed by atoms with van der Waals surface area (Å²) in [5, 5.41) is 14.4. The van der Waals surface area contributed by atoms with Crippen LogP contribution in [0.2, 0.25) is 0 Å². The number of hydrazone groups is 2. The number of nitrogens with zero attached hydrogens (tertiary/aromatic N) is 7. The number of aromatic nitrogens is 3. The molecule has 0 spiro atoms. The first-order valence-corrected chi connectivity index (χ1v) is 6.67.